The first kappa shape index (κ1) is 18.4. The van der Waals surface area contributed by atoms with Gasteiger partial charge in [-0.3, -0.25) is 14.5 Å². The second kappa shape index (κ2) is 7.58. The highest BCUT2D eigenvalue weighted by Gasteiger charge is 2.51. The Bertz CT molecular complexity index is 867. The smallest absolute Gasteiger partial charge is 0.329 e. The van der Waals surface area contributed by atoms with Gasteiger partial charge in [0.25, 0.3) is 0 Å². The maximum absolute atomic E-state index is 12.6. The van der Waals surface area contributed by atoms with Gasteiger partial charge in [0.05, 0.1) is 18.0 Å². The predicted molar refractivity (Wildman–Crippen MR) is 98.5 cm³/mol. The lowest BCUT2D eigenvalue weighted by Gasteiger charge is -2.21. The molecule has 3 atom stereocenters. The Morgan fingerprint density at radius 2 is 1.82 bits per heavy atom. The molecule has 1 saturated heterocycles. The molecule has 0 spiro atoms. The molecule has 1 saturated carbocycles. The van der Waals surface area contributed by atoms with Crippen molar-refractivity contribution in [1.29, 1.82) is 0 Å². The summed E-state index contributed by atoms with van der Waals surface area (Å²) in [6.07, 6.45) is 4.89. The minimum Gasteiger partial charge on any atom is -0.454 e. The maximum Gasteiger partial charge on any atom is 0.329 e. The molecule has 4 rings (SSSR count). The van der Waals surface area contributed by atoms with Gasteiger partial charge in [-0.1, -0.05) is 43.2 Å². The van der Waals surface area contributed by atoms with E-state index in [2.05, 4.69) is 4.98 Å². The molecule has 0 bridgehead atoms. The van der Waals surface area contributed by atoms with Gasteiger partial charge in [0.15, 0.2) is 12.4 Å². The van der Waals surface area contributed by atoms with Gasteiger partial charge in [-0.05, 0) is 19.8 Å². The monoisotopic (exact) mass is 382 g/mol. The Labute approximate surface area is 162 Å². The van der Waals surface area contributed by atoms with Crippen LogP contribution in [-0.2, 0) is 25.7 Å². The number of imide groups is 1. The van der Waals surface area contributed by atoms with Crippen molar-refractivity contribution >= 4 is 17.8 Å². The Balaban J connectivity index is 1.38. The maximum atomic E-state index is 12.6. The van der Waals surface area contributed by atoms with E-state index in [9.17, 15) is 14.4 Å². The van der Waals surface area contributed by atoms with Crippen molar-refractivity contribution in [1.82, 2.24) is 9.88 Å². The number of benzene rings is 1. The van der Waals surface area contributed by atoms with E-state index in [4.69, 9.17) is 9.15 Å². The summed E-state index contributed by atoms with van der Waals surface area (Å²) >= 11 is 0. The number of fused-ring (bicyclic) bond motifs is 1. The Morgan fingerprint density at radius 3 is 2.46 bits per heavy atom. The molecule has 7 nitrogen and oxygen atoms in total. The van der Waals surface area contributed by atoms with Gasteiger partial charge in [0.1, 0.15) is 6.04 Å². The van der Waals surface area contributed by atoms with Gasteiger partial charge in [0.2, 0.25) is 17.7 Å². The molecule has 7 heteroatoms. The molecule has 1 aliphatic heterocycles. The van der Waals surface area contributed by atoms with Crippen LogP contribution in [0.4, 0.5) is 0 Å². The molecule has 2 aliphatic rings. The van der Waals surface area contributed by atoms with Crippen molar-refractivity contribution in [3.63, 3.8) is 0 Å². The topological polar surface area (TPSA) is 89.7 Å². The predicted octanol–water partition coefficient (Wildman–Crippen LogP) is 2.95. The average Bonchev–Trinajstić information content (AvgIpc) is 3.30. The minimum atomic E-state index is -0.950. The number of likely N-dealkylation sites (tertiary alicyclic amines) is 1. The highest BCUT2D eigenvalue weighted by Crippen LogP contribution is 2.39. The fraction of sp³-hybridized carbons (Fsp3) is 0.429. The fourth-order valence-electron chi connectivity index (χ4n) is 4.04. The van der Waals surface area contributed by atoms with Crippen LogP contribution in [-0.4, -0.2) is 33.7 Å². The van der Waals surface area contributed by atoms with E-state index in [0.29, 0.717) is 18.6 Å². The van der Waals surface area contributed by atoms with Gasteiger partial charge in [0, 0.05) is 5.56 Å². The number of ether oxygens (including phenoxy) is 1. The molecular formula is C21H22N2O5. The average molecular weight is 382 g/mol. The summed E-state index contributed by atoms with van der Waals surface area (Å²) in [6.45, 7) is 1.37. The zero-order valence-electron chi connectivity index (χ0n) is 15.7. The first-order valence-electron chi connectivity index (χ1n) is 9.60. The van der Waals surface area contributed by atoms with E-state index in [1.165, 1.54) is 6.92 Å². The molecule has 1 aromatic heterocycles. The zero-order chi connectivity index (χ0) is 19.7. The van der Waals surface area contributed by atoms with Crippen LogP contribution < -0.4 is 0 Å². The molecule has 146 valence electrons. The summed E-state index contributed by atoms with van der Waals surface area (Å²) in [7, 11) is 0. The fourth-order valence-corrected chi connectivity index (χ4v) is 4.04. The van der Waals surface area contributed by atoms with Crippen LogP contribution in [0.5, 0.6) is 0 Å². The lowest BCUT2D eigenvalue weighted by molar-refractivity contribution is -0.159. The molecule has 0 radical (unpaired) electrons. The number of carbonyl (C=O) groups is 3. The summed E-state index contributed by atoms with van der Waals surface area (Å²) in [5.74, 6) is -0.864. The SMILES string of the molecule is CC(C(=O)OCc1ncc(-c2ccccc2)o1)N1C(=O)C2CCCCC2C1=O. The molecule has 2 fully saturated rings. The lowest BCUT2D eigenvalue weighted by Crippen LogP contribution is -2.44. The number of hydrogen-bond donors (Lipinski definition) is 0. The summed E-state index contributed by atoms with van der Waals surface area (Å²) in [6, 6.07) is 8.52. The van der Waals surface area contributed by atoms with E-state index in [-0.39, 0.29) is 36.1 Å². The third-order valence-corrected chi connectivity index (χ3v) is 5.55. The van der Waals surface area contributed by atoms with Crippen LogP contribution in [0.25, 0.3) is 11.3 Å². The number of nitrogens with zero attached hydrogens (tertiary/aromatic N) is 2. The Kier molecular flexibility index (Phi) is 4.98. The minimum absolute atomic E-state index is 0.154. The van der Waals surface area contributed by atoms with Crippen LogP contribution in [0.2, 0.25) is 0 Å². The largest absolute Gasteiger partial charge is 0.454 e. The third-order valence-electron chi connectivity index (χ3n) is 5.55. The van der Waals surface area contributed by atoms with E-state index in [1.807, 2.05) is 30.3 Å². The van der Waals surface area contributed by atoms with Crippen molar-refractivity contribution in [2.45, 2.75) is 45.3 Å². The molecule has 1 aliphatic carbocycles. The number of oxazole rings is 1. The number of aromatic nitrogens is 1. The zero-order valence-corrected chi connectivity index (χ0v) is 15.7. The number of esters is 1. The number of amides is 2. The van der Waals surface area contributed by atoms with Crippen LogP contribution in [0.1, 0.15) is 38.5 Å². The summed E-state index contributed by atoms with van der Waals surface area (Å²) < 4.78 is 10.9. The van der Waals surface area contributed by atoms with Crippen molar-refractivity contribution in [3.8, 4) is 11.3 Å². The molecule has 28 heavy (non-hydrogen) atoms. The van der Waals surface area contributed by atoms with E-state index in [1.54, 1.807) is 6.20 Å². The van der Waals surface area contributed by atoms with Gasteiger partial charge >= 0.3 is 5.97 Å². The van der Waals surface area contributed by atoms with Crippen molar-refractivity contribution in [3.05, 3.63) is 42.4 Å². The number of carbonyl (C=O) groups excluding carboxylic acids is 3. The first-order valence-corrected chi connectivity index (χ1v) is 9.60. The Hall–Kier alpha value is -2.96. The van der Waals surface area contributed by atoms with Crippen LogP contribution in [0, 0.1) is 11.8 Å². The first-order chi connectivity index (χ1) is 13.6. The number of rotatable bonds is 5. The summed E-state index contributed by atoms with van der Waals surface area (Å²) in [5, 5.41) is 0. The van der Waals surface area contributed by atoms with Crippen molar-refractivity contribution in [2.24, 2.45) is 11.8 Å². The van der Waals surface area contributed by atoms with Crippen LogP contribution >= 0.6 is 0 Å². The van der Waals surface area contributed by atoms with Gasteiger partial charge in [-0.25, -0.2) is 9.78 Å². The highest BCUT2D eigenvalue weighted by atomic mass is 16.5. The van der Waals surface area contributed by atoms with Crippen LogP contribution in [0.3, 0.4) is 0 Å². The van der Waals surface area contributed by atoms with Gasteiger partial charge < -0.3 is 9.15 Å². The normalized spacial score (nSPS) is 22.8. The van der Waals surface area contributed by atoms with Gasteiger partial charge in [-0.2, -0.15) is 0 Å². The number of hydrogen-bond acceptors (Lipinski definition) is 6. The molecule has 0 N–H and O–H groups in total. The molecule has 2 aromatic rings. The van der Waals surface area contributed by atoms with Crippen molar-refractivity contribution < 1.29 is 23.5 Å². The lowest BCUT2D eigenvalue weighted by atomic mass is 9.81. The molecule has 3 unspecified atom stereocenters. The van der Waals surface area contributed by atoms with E-state index in [0.717, 1.165) is 23.3 Å². The van der Waals surface area contributed by atoms with E-state index >= 15 is 0 Å². The molecule has 2 amide bonds. The van der Waals surface area contributed by atoms with Crippen molar-refractivity contribution in [2.75, 3.05) is 0 Å². The van der Waals surface area contributed by atoms with E-state index < -0.39 is 12.0 Å². The van der Waals surface area contributed by atoms with Gasteiger partial charge in [-0.15, -0.1) is 0 Å². The molecule has 1 aromatic carbocycles. The quantitative estimate of drug-likeness (QED) is 0.583. The standard InChI is InChI=1S/C21H22N2O5/c1-13(23-19(24)15-9-5-6-10-16(15)20(23)25)21(26)27-12-18-22-11-17(28-18)14-7-3-2-4-8-14/h2-4,7-8,11,13,15-16H,5-6,9-10,12H2,1H3. The summed E-state index contributed by atoms with van der Waals surface area (Å²) in [5.41, 5.74) is 0.872. The Morgan fingerprint density at radius 1 is 1.18 bits per heavy atom. The molecular weight excluding hydrogens is 360 g/mol. The third kappa shape index (κ3) is 3.32. The van der Waals surface area contributed by atoms with Crippen LogP contribution in [0.15, 0.2) is 40.9 Å². The second-order valence-electron chi connectivity index (χ2n) is 7.31. The summed E-state index contributed by atoms with van der Waals surface area (Å²) in [4.78, 5) is 42.8. The molecule has 2 heterocycles. The highest BCUT2D eigenvalue weighted by molar-refractivity contribution is 6.07. The second-order valence-corrected chi connectivity index (χ2v) is 7.31.